The van der Waals surface area contributed by atoms with Gasteiger partial charge in [-0.25, -0.2) is 4.39 Å². The van der Waals surface area contributed by atoms with E-state index in [0.29, 0.717) is 17.7 Å². The summed E-state index contributed by atoms with van der Waals surface area (Å²) < 4.78 is 20.1. The van der Waals surface area contributed by atoms with Crippen molar-refractivity contribution in [3.05, 3.63) is 113 Å². The monoisotopic (exact) mass is 494 g/mol. The Hall–Kier alpha value is -3.58. The Balaban J connectivity index is 0.00000316. The van der Waals surface area contributed by atoms with E-state index in [1.54, 1.807) is 14.0 Å². The Morgan fingerprint density at radius 2 is 1.75 bits per heavy atom. The molecule has 5 N–H and O–H groups in total. The number of carbonyl (C=O) groups is 1. The van der Waals surface area contributed by atoms with Crippen molar-refractivity contribution in [2.75, 3.05) is 7.11 Å². The number of aryl methyl sites for hydroxylation is 2. The van der Waals surface area contributed by atoms with E-state index in [9.17, 15) is 14.3 Å². The third kappa shape index (κ3) is 6.98. The first-order chi connectivity index (χ1) is 16.8. The molecule has 0 aliphatic rings. The van der Waals surface area contributed by atoms with Crippen LogP contribution in [0.4, 0.5) is 4.39 Å². The smallest absolute Gasteiger partial charge is 0.185 e. The molecule has 0 aliphatic carbocycles. The van der Waals surface area contributed by atoms with Crippen molar-refractivity contribution in [1.82, 2.24) is 11.5 Å². The van der Waals surface area contributed by atoms with Crippen LogP contribution in [-0.2, 0) is 11.3 Å². The van der Waals surface area contributed by atoms with Crippen molar-refractivity contribution in [3.8, 4) is 11.1 Å². The predicted molar refractivity (Wildman–Crippen MR) is 149 cm³/mol. The Morgan fingerprint density at radius 3 is 2.36 bits per heavy atom. The maximum atomic E-state index is 14.7. The second-order valence-corrected chi connectivity index (χ2v) is 7.91. The first-order valence-electron chi connectivity index (χ1n) is 11.5. The predicted octanol–water partition coefficient (Wildman–Crippen LogP) is 7.31. The maximum Gasteiger partial charge on any atom is 0.185 e. The van der Waals surface area contributed by atoms with Crippen molar-refractivity contribution in [2.45, 2.75) is 40.5 Å². The molecule has 0 fully saturated rings. The third-order valence-corrected chi connectivity index (χ3v) is 5.58. The molecule has 5 nitrogen and oxygen atoms in total. The fourth-order valence-corrected chi connectivity index (χ4v) is 3.81. The molecule has 0 saturated heterocycles. The summed E-state index contributed by atoms with van der Waals surface area (Å²) in [5, 5.41) is 13.7. The van der Waals surface area contributed by atoms with Crippen LogP contribution >= 0.6 is 0 Å². The van der Waals surface area contributed by atoms with Crippen molar-refractivity contribution < 1.29 is 20.5 Å². The summed E-state index contributed by atoms with van der Waals surface area (Å²) in [6.45, 7) is 15.5. The molecule has 0 heterocycles. The number of nitrogens with one attached hydrogen (secondary N) is 1. The lowest BCUT2D eigenvalue weighted by Gasteiger charge is -2.20. The van der Waals surface area contributed by atoms with E-state index in [2.05, 4.69) is 18.5 Å². The first kappa shape index (κ1) is 30.5. The lowest BCUT2D eigenvalue weighted by Crippen LogP contribution is -2.20. The van der Waals surface area contributed by atoms with Crippen LogP contribution in [0.25, 0.3) is 16.8 Å². The number of hydrogen-bond donors (Lipinski definition) is 3. The number of hydrogen-bond acceptors (Lipinski definition) is 5. The number of ether oxygens (including phenoxy) is 1. The molecule has 1 unspecified atom stereocenters. The zero-order valence-electron chi connectivity index (χ0n) is 21.8. The average molecular weight is 495 g/mol. The highest BCUT2D eigenvalue weighted by atomic mass is 19.1. The van der Waals surface area contributed by atoms with Crippen LogP contribution in [0.15, 0.2) is 73.8 Å². The molecular weight excluding hydrogens is 455 g/mol. The Bertz CT molecular complexity index is 1230. The molecule has 1 atom stereocenters. The van der Waals surface area contributed by atoms with Gasteiger partial charge < -0.3 is 21.3 Å². The van der Waals surface area contributed by atoms with Crippen molar-refractivity contribution >= 4 is 11.5 Å². The Kier molecular flexibility index (Phi) is 11.9. The van der Waals surface area contributed by atoms with Gasteiger partial charge in [0.15, 0.2) is 12.0 Å². The molecule has 0 amide bonds. The quantitative estimate of drug-likeness (QED) is 0.165. The zero-order valence-corrected chi connectivity index (χ0v) is 21.8. The lowest BCUT2D eigenvalue weighted by atomic mass is 9.94. The molecule has 3 aromatic carbocycles. The molecule has 3 aromatic rings. The fraction of sp³-hybridized carbons (Fsp3) is 0.233. The van der Waals surface area contributed by atoms with Gasteiger partial charge in [0.25, 0.3) is 0 Å². The van der Waals surface area contributed by atoms with Gasteiger partial charge in [-0.15, -0.1) is 0 Å². The Labute approximate surface area is 215 Å². The molecule has 6 heteroatoms. The molecule has 36 heavy (non-hydrogen) atoms. The van der Waals surface area contributed by atoms with Crippen LogP contribution in [0.2, 0.25) is 0 Å². The third-order valence-electron chi connectivity index (χ3n) is 5.58. The summed E-state index contributed by atoms with van der Waals surface area (Å²) in [7, 11) is 1.62. The molecule has 0 saturated carbocycles. The maximum absolute atomic E-state index is 14.7. The van der Waals surface area contributed by atoms with Gasteiger partial charge in [0, 0.05) is 30.9 Å². The number of aliphatic hydroxyl groups is 1. The second-order valence-electron chi connectivity index (χ2n) is 7.91. The molecule has 194 valence electrons. The van der Waals surface area contributed by atoms with Gasteiger partial charge in [-0.05, 0) is 65.9 Å². The van der Waals surface area contributed by atoms with E-state index in [1.165, 1.54) is 12.1 Å². The summed E-state index contributed by atoms with van der Waals surface area (Å²) >= 11 is 0. The van der Waals surface area contributed by atoms with Crippen LogP contribution in [0.1, 0.15) is 59.7 Å². The topological polar surface area (TPSA) is 93.6 Å². The number of halogens is 1. The van der Waals surface area contributed by atoms with Crippen LogP contribution in [-0.4, -0.2) is 18.0 Å². The number of ketones is 1. The van der Waals surface area contributed by atoms with Gasteiger partial charge in [0.1, 0.15) is 5.82 Å². The second kappa shape index (κ2) is 14.1. The van der Waals surface area contributed by atoms with Gasteiger partial charge in [0.2, 0.25) is 0 Å². The number of methoxy groups -OCH3 is 1. The standard InChI is InChI=1S/C28H28FNO3.C2H6.H3N.H2/c1-6-27(31)24-15-26(29)25(13-18(24)3)19(4)30-28(32)20-11-12-23(21(14-20)16-33-5)22-10-8-7-9-17(22)2;1-2;;/h6-15,28,30,32H,1,4,16H2,2-3,5H3;1-2H3;1H3;1H. The summed E-state index contributed by atoms with van der Waals surface area (Å²) in [5.74, 6) is -0.957. The average Bonchev–Trinajstić information content (AvgIpc) is 2.86. The van der Waals surface area contributed by atoms with E-state index in [4.69, 9.17) is 4.74 Å². The Morgan fingerprint density at radius 1 is 1.08 bits per heavy atom. The largest absolute Gasteiger partial charge is 0.380 e. The number of rotatable bonds is 9. The molecule has 0 bridgehead atoms. The van der Waals surface area contributed by atoms with E-state index < -0.39 is 12.0 Å². The lowest BCUT2D eigenvalue weighted by molar-refractivity contribution is 0.104. The van der Waals surface area contributed by atoms with Crippen LogP contribution < -0.4 is 11.5 Å². The number of aliphatic hydroxyl groups excluding tert-OH is 1. The number of benzene rings is 3. The van der Waals surface area contributed by atoms with Gasteiger partial charge in [-0.1, -0.05) is 63.4 Å². The highest BCUT2D eigenvalue weighted by molar-refractivity contribution is 6.05. The van der Waals surface area contributed by atoms with Gasteiger partial charge in [0.05, 0.1) is 6.61 Å². The van der Waals surface area contributed by atoms with Gasteiger partial charge in [-0.3, -0.25) is 4.79 Å². The highest BCUT2D eigenvalue weighted by Gasteiger charge is 2.17. The normalized spacial score (nSPS) is 10.9. The molecule has 0 radical (unpaired) electrons. The molecule has 0 aromatic heterocycles. The van der Waals surface area contributed by atoms with Crippen LogP contribution in [0, 0.1) is 19.7 Å². The van der Waals surface area contributed by atoms with Crippen molar-refractivity contribution in [1.29, 1.82) is 0 Å². The summed E-state index contributed by atoms with van der Waals surface area (Å²) in [6.07, 6.45) is 0.0319. The van der Waals surface area contributed by atoms with E-state index in [-0.39, 0.29) is 30.2 Å². The summed E-state index contributed by atoms with van der Waals surface area (Å²) in [6, 6.07) is 16.4. The minimum Gasteiger partial charge on any atom is -0.380 e. The molecule has 0 aliphatic heterocycles. The number of carbonyl (C=O) groups excluding carboxylic acids is 1. The van der Waals surface area contributed by atoms with Crippen LogP contribution in [0.5, 0.6) is 0 Å². The van der Waals surface area contributed by atoms with E-state index >= 15 is 0 Å². The summed E-state index contributed by atoms with van der Waals surface area (Å²) in [4.78, 5) is 11.9. The fourth-order valence-electron chi connectivity index (χ4n) is 3.81. The SMILES string of the molecule is C=CC(=O)c1cc(F)c(C(=C)NC(O)c2ccc(-c3ccccc3C)c(COC)c2)cc1C.CC.N.[HH]. The zero-order chi connectivity index (χ0) is 26.1. The molecule has 0 spiro atoms. The van der Waals surface area contributed by atoms with Crippen LogP contribution in [0.3, 0.4) is 0 Å². The molecule has 3 rings (SSSR count). The number of allylic oxidation sites excluding steroid dienone is 1. The first-order valence-corrected chi connectivity index (χ1v) is 11.5. The minimum atomic E-state index is -1.12. The van der Waals surface area contributed by atoms with Gasteiger partial charge >= 0.3 is 0 Å². The summed E-state index contributed by atoms with van der Waals surface area (Å²) in [5.41, 5.74) is 6.00. The van der Waals surface area contributed by atoms with Crippen molar-refractivity contribution in [3.63, 3.8) is 0 Å². The molecular formula is C30H39FN2O3. The van der Waals surface area contributed by atoms with Gasteiger partial charge in [-0.2, -0.15) is 0 Å². The highest BCUT2D eigenvalue weighted by Crippen LogP contribution is 2.30. The van der Waals surface area contributed by atoms with E-state index in [1.807, 2.05) is 63.2 Å². The van der Waals surface area contributed by atoms with Crippen molar-refractivity contribution in [2.24, 2.45) is 0 Å². The minimum absolute atomic E-state index is 0. The van der Waals surface area contributed by atoms with E-state index in [0.717, 1.165) is 28.3 Å².